The summed E-state index contributed by atoms with van der Waals surface area (Å²) in [5.41, 5.74) is 0. The van der Waals surface area contributed by atoms with Gasteiger partial charge >= 0.3 is 5.97 Å². The third kappa shape index (κ3) is 2.49. The van der Waals surface area contributed by atoms with E-state index >= 15 is 0 Å². The van der Waals surface area contributed by atoms with E-state index in [1.54, 1.807) is 7.11 Å². The molecular formula is C17H29NO2. The zero-order valence-corrected chi connectivity index (χ0v) is 13.2. The van der Waals surface area contributed by atoms with Crippen LogP contribution in [0.15, 0.2) is 0 Å². The normalized spacial score (nSPS) is 45.4. The number of likely N-dealkylation sites (tertiary alicyclic amines) is 1. The fourth-order valence-electron chi connectivity index (χ4n) is 5.17. The topological polar surface area (TPSA) is 29.5 Å². The van der Waals surface area contributed by atoms with Gasteiger partial charge < -0.3 is 9.64 Å². The molecule has 4 atom stereocenters. The van der Waals surface area contributed by atoms with Crippen LogP contribution >= 0.6 is 0 Å². The molecular weight excluding hydrogens is 250 g/mol. The molecule has 0 radical (unpaired) electrons. The summed E-state index contributed by atoms with van der Waals surface area (Å²) in [7, 11) is 3.79. The molecule has 3 heteroatoms. The number of nitrogens with zero attached hydrogens (tertiary/aromatic N) is 1. The van der Waals surface area contributed by atoms with Gasteiger partial charge in [-0.1, -0.05) is 19.8 Å². The molecule has 2 bridgehead atoms. The summed E-state index contributed by atoms with van der Waals surface area (Å²) in [6.07, 6.45) is 7.76. The SMILES string of the molecule is COC(=O)C1C(C2CCC(C)CC2)CC2C[C@H]1CN2C. The molecule has 1 aliphatic heterocycles. The molecule has 0 amide bonds. The monoisotopic (exact) mass is 279 g/mol. The number of hydrogen-bond acceptors (Lipinski definition) is 3. The Bertz CT molecular complexity index is 360. The molecule has 3 aliphatic rings. The maximum absolute atomic E-state index is 12.3. The second-order valence-corrected chi connectivity index (χ2v) is 7.56. The van der Waals surface area contributed by atoms with Gasteiger partial charge in [-0.3, -0.25) is 4.79 Å². The zero-order valence-electron chi connectivity index (χ0n) is 13.2. The lowest BCUT2D eigenvalue weighted by molar-refractivity contribution is -0.152. The number of methoxy groups -OCH3 is 1. The number of hydrogen-bond donors (Lipinski definition) is 0. The molecule has 0 aromatic rings. The van der Waals surface area contributed by atoms with E-state index in [-0.39, 0.29) is 11.9 Å². The highest BCUT2D eigenvalue weighted by atomic mass is 16.5. The quantitative estimate of drug-likeness (QED) is 0.728. The first-order chi connectivity index (χ1) is 9.60. The second kappa shape index (κ2) is 5.67. The van der Waals surface area contributed by atoms with Gasteiger partial charge in [0.25, 0.3) is 0 Å². The van der Waals surface area contributed by atoms with Crippen molar-refractivity contribution in [2.75, 3.05) is 20.7 Å². The highest BCUT2D eigenvalue weighted by Gasteiger charge is 2.50. The van der Waals surface area contributed by atoms with Crippen molar-refractivity contribution in [3.8, 4) is 0 Å². The second-order valence-electron chi connectivity index (χ2n) is 7.56. The van der Waals surface area contributed by atoms with Crippen LogP contribution in [0.4, 0.5) is 0 Å². The average molecular weight is 279 g/mol. The van der Waals surface area contributed by atoms with Gasteiger partial charge in [-0.15, -0.1) is 0 Å². The standard InChI is InChI=1S/C17H29NO2/c1-11-4-6-12(7-5-11)15-9-14-8-13(10-18(14)2)16(15)17(19)20-3/h11-16H,4-10H2,1-3H3/t11?,12?,13-,14?,15?,16?/m0/s1. The molecule has 0 N–H and O–H groups in total. The van der Waals surface area contributed by atoms with Gasteiger partial charge in [0.15, 0.2) is 0 Å². The van der Waals surface area contributed by atoms with Crippen LogP contribution < -0.4 is 0 Å². The van der Waals surface area contributed by atoms with Crippen LogP contribution in [0, 0.1) is 29.6 Å². The van der Waals surface area contributed by atoms with E-state index in [0.29, 0.717) is 17.9 Å². The van der Waals surface area contributed by atoms with E-state index in [4.69, 9.17) is 4.74 Å². The fraction of sp³-hybridized carbons (Fsp3) is 0.941. The lowest BCUT2D eigenvalue weighted by Gasteiger charge is -2.41. The Morgan fingerprint density at radius 1 is 1.10 bits per heavy atom. The van der Waals surface area contributed by atoms with E-state index in [2.05, 4.69) is 18.9 Å². The van der Waals surface area contributed by atoms with Crippen molar-refractivity contribution in [1.82, 2.24) is 4.90 Å². The Kier molecular flexibility index (Phi) is 4.07. The van der Waals surface area contributed by atoms with Gasteiger partial charge in [0.1, 0.15) is 0 Å². The lowest BCUT2D eigenvalue weighted by atomic mass is 9.63. The minimum atomic E-state index is 0.0624. The summed E-state index contributed by atoms with van der Waals surface area (Å²) in [5, 5.41) is 0. The van der Waals surface area contributed by atoms with E-state index in [1.165, 1.54) is 38.5 Å². The Hall–Kier alpha value is -0.570. The summed E-state index contributed by atoms with van der Waals surface area (Å²) < 4.78 is 5.16. The summed E-state index contributed by atoms with van der Waals surface area (Å²) in [5.74, 6) is 2.98. The van der Waals surface area contributed by atoms with Gasteiger partial charge in [-0.2, -0.15) is 0 Å². The smallest absolute Gasteiger partial charge is 0.309 e. The van der Waals surface area contributed by atoms with E-state index in [1.807, 2.05) is 0 Å². The van der Waals surface area contributed by atoms with Crippen molar-refractivity contribution in [3.05, 3.63) is 0 Å². The third-order valence-electron chi connectivity index (χ3n) is 6.37. The van der Waals surface area contributed by atoms with Gasteiger partial charge in [0, 0.05) is 12.6 Å². The maximum Gasteiger partial charge on any atom is 0.309 e. The number of carbonyl (C=O) groups excluding carboxylic acids is 1. The maximum atomic E-state index is 12.3. The van der Waals surface area contributed by atoms with Gasteiger partial charge in [0.05, 0.1) is 13.0 Å². The van der Waals surface area contributed by atoms with Gasteiger partial charge in [-0.25, -0.2) is 0 Å². The molecule has 3 rings (SSSR count). The first kappa shape index (κ1) is 14.4. The number of ether oxygens (including phenoxy) is 1. The molecule has 3 nitrogen and oxygen atoms in total. The van der Waals surface area contributed by atoms with Crippen molar-refractivity contribution < 1.29 is 9.53 Å². The molecule has 0 aromatic carbocycles. The van der Waals surface area contributed by atoms with Crippen LogP contribution in [-0.4, -0.2) is 37.6 Å². The highest BCUT2D eigenvalue weighted by molar-refractivity contribution is 5.73. The summed E-state index contributed by atoms with van der Waals surface area (Å²) >= 11 is 0. The van der Waals surface area contributed by atoms with Crippen LogP contribution in [0.3, 0.4) is 0 Å². The van der Waals surface area contributed by atoms with Crippen molar-refractivity contribution in [2.24, 2.45) is 29.6 Å². The molecule has 20 heavy (non-hydrogen) atoms. The predicted molar refractivity (Wildman–Crippen MR) is 79.3 cm³/mol. The molecule has 2 saturated carbocycles. The Balaban J connectivity index is 1.78. The first-order valence-electron chi connectivity index (χ1n) is 8.38. The van der Waals surface area contributed by atoms with E-state index in [9.17, 15) is 4.79 Å². The Morgan fingerprint density at radius 2 is 1.80 bits per heavy atom. The van der Waals surface area contributed by atoms with Crippen molar-refractivity contribution in [2.45, 2.75) is 51.5 Å². The number of carbonyl (C=O) groups is 1. The third-order valence-corrected chi connectivity index (χ3v) is 6.37. The van der Waals surface area contributed by atoms with Crippen molar-refractivity contribution in [1.29, 1.82) is 0 Å². The molecule has 2 aliphatic carbocycles. The molecule has 3 unspecified atom stereocenters. The molecule has 114 valence electrons. The van der Waals surface area contributed by atoms with Crippen LogP contribution in [0.1, 0.15) is 45.4 Å². The van der Waals surface area contributed by atoms with Crippen molar-refractivity contribution in [3.63, 3.8) is 0 Å². The molecule has 1 saturated heterocycles. The largest absolute Gasteiger partial charge is 0.469 e. The van der Waals surface area contributed by atoms with E-state index < -0.39 is 0 Å². The predicted octanol–water partition coefficient (Wildman–Crippen LogP) is 2.94. The summed E-state index contributed by atoms with van der Waals surface area (Å²) in [6.45, 7) is 3.45. The first-order valence-corrected chi connectivity index (χ1v) is 8.38. The minimum absolute atomic E-state index is 0.0624. The summed E-state index contributed by atoms with van der Waals surface area (Å²) in [4.78, 5) is 14.8. The molecule has 0 spiro atoms. The molecule has 1 heterocycles. The highest BCUT2D eigenvalue weighted by Crippen LogP contribution is 2.49. The van der Waals surface area contributed by atoms with Gasteiger partial charge in [0.2, 0.25) is 0 Å². The van der Waals surface area contributed by atoms with Crippen LogP contribution in [0.25, 0.3) is 0 Å². The van der Waals surface area contributed by atoms with Crippen LogP contribution in [0.2, 0.25) is 0 Å². The Labute approximate surface area is 123 Å². The fourth-order valence-corrected chi connectivity index (χ4v) is 5.17. The van der Waals surface area contributed by atoms with E-state index in [0.717, 1.165) is 18.4 Å². The molecule has 3 fully saturated rings. The van der Waals surface area contributed by atoms with Crippen molar-refractivity contribution >= 4 is 5.97 Å². The molecule has 0 aromatic heterocycles. The van der Waals surface area contributed by atoms with Crippen LogP contribution in [0.5, 0.6) is 0 Å². The zero-order chi connectivity index (χ0) is 14.3. The Morgan fingerprint density at radius 3 is 2.45 bits per heavy atom. The number of rotatable bonds is 2. The van der Waals surface area contributed by atoms with Gasteiger partial charge in [-0.05, 0) is 56.4 Å². The average Bonchev–Trinajstić information content (AvgIpc) is 2.74. The number of fused-ring (bicyclic) bond motifs is 2. The number of esters is 1. The minimum Gasteiger partial charge on any atom is -0.469 e. The lowest BCUT2D eigenvalue weighted by Crippen LogP contribution is -2.41. The summed E-state index contributed by atoms with van der Waals surface area (Å²) in [6, 6.07) is 0.713. The van der Waals surface area contributed by atoms with Crippen LogP contribution in [-0.2, 0) is 9.53 Å².